The SMILES string of the molecule is CC1(C)c2ccccc2N(c2cccc(C(F)c3cccc(-c4ccccn4)c3)c2)c2ncc3c4ccccc4n(-c4ccccc4)c3c21. The fourth-order valence-electron chi connectivity index (χ4n) is 7.64. The molecule has 49 heavy (non-hydrogen) atoms. The van der Waals surface area contributed by atoms with Crippen molar-refractivity contribution in [2.24, 2.45) is 0 Å². The van der Waals surface area contributed by atoms with Crippen LogP contribution in [0.2, 0.25) is 0 Å². The molecule has 236 valence electrons. The molecule has 4 nitrogen and oxygen atoms in total. The Hall–Kier alpha value is -6.07. The summed E-state index contributed by atoms with van der Waals surface area (Å²) < 4.78 is 18.9. The molecule has 1 aliphatic heterocycles. The number of fused-ring (bicyclic) bond motifs is 6. The highest BCUT2D eigenvalue weighted by Gasteiger charge is 2.40. The zero-order valence-corrected chi connectivity index (χ0v) is 27.3. The van der Waals surface area contributed by atoms with Crippen LogP contribution in [0.5, 0.6) is 0 Å². The van der Waals surface area contributed by atoms with Gasteiger partial charge in [0.2, 0.25) is 0 Å². The third-order valence-corrected chi connectivity index (χ3v) is 9.92. The predicted octanol–water partition coefficient (Wildman–Crippen LogP) is 11.4. The molecule has 0 saturated heterocycles. The van der Waals surface area contributed by atoms with Crippen LogP contribution in [0.25, 0.3) is 38.8 Å². The number of hydrogen-bond donors (Lipinski definition) is 0. The van der Waals surface area contributed by atoms with Gasteiger partial charge in [0.05, 0.1) is 22.4 Å². The molecule has 9 rings (SSSR count). The molecule has 0 aliphatic carbocycles. The molecule has 0 saturated carbocycles. The Kier molecular flexibility index (Phi) is 6.70. The largest absolute Gasteiger partial charge is 0.309 e. The van der Waals surface area contributed by atoms with Crippen LogP contribution in [0.4, 0.5) is 21.6 Å². The molecular weight excluding hydrogens is 604 g/mol. The van der Waals surface area contributed by atoms with E-state index in [-0.39, 0.29) is 5.41 Å². The van der Waals surface area contributed by atoms with Crippen LogP contribution < -0.4 is 4.90 Å². The van der Waals surface area contributed by atoms with E-state index in [9.17, 15) is 0 Å². The van der Waals surface area contributed by atoms with Crippen LogP contribution in [-0.4, -0.2) is 14.5 Å². The first-order valence-electron chi connectivity index (χ1n) is 16.6. The van der Waals surface area contributed by atoms with Crippen molar-refractivity contribution in [1.29, 1.82) is 0 Å². The van der Waals surface area contributed by atoms with Crippen molar-refractivity contribution in [3.8, 4) is 16.9 Å². The van der Waals surface area contributed by atoms with E-state index in [1.54, 1.807) is 6.20 Å². The van der Waals surface area contributed by atoms with Crippen LogP contribution in [0.1, 0.15) is 42.3 Å². The smallest absolute Gasteiger partial charge is 0.150 e. The van der Waals surface area contributed by atoms with E-state index < -0.39 is 6.17 Å². The first-order valence-corrected chi connectivity index (χ1v) is 16.6. The molecule has 5 aromatic carbocycles. The average molecular weight is 637 g/mol. The topological polar surface area (TPSA) is 34.0 Å². The Morgan fingerprint density at radius 2 is 1.35 bits per heavy atom. The van der Waals surface area contributed by atoms with Gasteiger partial charge in [0, 0.05) is 51.1 Å². The van der Waals surface area contributed by atoms with Gasteiger partial charge in [-0.3, -0.25) is 9.88 Å². The van der Waals surface area contributed by atoms with Crippen molar-refractivity contribution in [3.63, 3.8) is 0 Å². The molecule has 4 heterocycles. The standard InChI is InChI=1S/C44H33FN4/c1-44(2)36-21-7-9-24-39(36)49(33-19-13-16-31(27-33)41(45)30-15-12-14-29(26-30)37-22-10-11-25-46-37)43-40(44)42-35(28-47-43)34-20-6-8-23-38(34)48(42)32-17-4-3-5-18-32/h3-28,41H,1-2H3. The van der Waals surface area contributed by atoms with E-state index in [1.165, 1.54) is 5.56 Å². The van der Waals surface area contributed by atoms with Gasteiger partial charge < -0.3 is 4.57 Å². The zero-order valence-electron chi connectivity index (χ0n) is 27.3. The lowest BCUT2D eigenvalue weighted by Crippen LogP contribution is -2.32. The number of halogens is 1. The van der Waals surface area contributed by atoms with Gasteiger partial charge in [0.1, 0.15) is 5.82 Å². The predicted molar refractivity (Wildman–Crippen MR) is 198 cm³/mol. The maximum atomic E-state index is 16.5. The molecule has 0 bridgehead atoms. The van der Waals surface area contributed by atoms with Crippen molar-refractivity contribution in [1.82, 2.24) is 14.5 Å². The number of pyridine rings is 2. The van der Waals surface area contributed by atoms with Crippen LogP contribution in [0.3, 0.4) is 0 Å². The maximum absolute atomic E-state index is 16.5. The molecule has 1 unspecified atom stereocenters. The van der Waals surface area contributed by atoms with E-state index in [1.807, 2.05) is 66.9 Å². The summed E-state index contributed by atoms with van der Waals surface area (Å²) in [7, 11) is 0. The van der Waals surface area contributed by atoms with Gasteiger partial charge in [-0.15, -0.1) is 0 Å². The van der Waals surface area contributed by atoms with Crippen LogP contribution in [0.15, 0.2) is 158 Å². The fourth-order valence-corrected chi connectivity index (χ4v) is 7.64. The second-order valence-corrected chi connectivity index (χ2v) is 13.2. The number of benzene rings is 5. The van der Waals surface area contributed by atoms with Crippen molar-refractivity contribution in [3.05, 3.63) is 180 Å². The number of nitrogens with zero attached hydrogens (tertiary/aromatic N) is 4. The number of aromatic nitrogens is 3. The molecule has 0 N–H and O–H groups in total. The summed E-state index contributed by atoms with van der Waals surface area (Å²) in [6.45, 7) is 4.58. The Morgan fingerprint density at radius 1 is 0.633 bits per heavy atom. The summed E-state index contributed by atoms with van der Waals surface area (Å²) in [5.74, 6) is 0.848. The highest BCUT2D eigenvalue weighted by Crippen LogP contribution is 2.54. The number of para-hydroxylation sites is 3. The van der Waals surface area contributed by atoms with Crippen LogP contribution in [-0.2, 0) is 5.41 Å². The zero-order chi connectivity index (χ0) is 33.1. The lowest BCUT2D eigenvalue weighted by atomic mass is 9.74. The molecular formula is C44H33FN4. The summed E-state index contributed by atoms with van der Waals surface area (Å²) in [6, 6.07) is 48.9. The Balaban J connectivity index is 1.25. The van der Waals surface area contributed by atoms with Gasteiger partial charge in [-0.1, -0.05) is 105 Å². The number of rotatable bonds is 5. The lowest BCUT2D eigenvalue weighted by Gasteiger charge is -2.41. The molecule has 0 fully saturated rings. The van der Waals surface area contributed by atoms with Crippen molar-refractivity contribution >= 4 is 39.0 Å². The second-order valence-electron chi connectivity index (χ2n) is 13.2. The highest BCUT2D eigenvalue weighted by atomic mass is 19.1. The average Bonchev–Trinajstić information content (AvgIpc) is 3.50. The summed E-state index contributed by atoms with van der Waals surface area (Å²) in [5.41, 5.74) is 10.1. The summed E-state index contributed by atoms with van der Waals surface area (Å²) in [4.78, 5) is 11.9. The molecule has 1 aliphatic rings. The van der Waals surface area contributed by atoms with Gasteiger partial charge >= 0.3 is 0 Å². The van der Waals surface area contributed by atoms with E-state index in [2.05, 4.69) is 113 Å². The minimum absolute atomic E-state index is 0.387. The van der Waals surface area contributed by atoms with Gasteiger partial charge in [-0.25, -0.2) is 9.37 Å². The molecule has 1 atom stereocenters. The monoisotopic (exact) mass is 636 g/mol. The third-order valence-electron chi connectivity index (χ3n) is 9.92. The highest BCUT2D eigenvalue weighted by molar-refractivity contribution is 6.12. The van der Waals surface area contributed by atoms with Gasteiger partial charge in [0.25, 0.3) is 0 Å². The molecule has 0 amide bonds. The molecule has 8 aromatic rings. The Bertz CT molecular complexity index is 2500. The molecule has 0 spiro atoms. The van der Waals surface area contributed by atoms with Gasteiger partial charge in [-0.2, -0.15) is 0 Å². The van der Waals surface area contributed by atoms with E-state index in [0.717, 1.165) is 61.5 Å². The van der Waals surface area contributed by atoms with Crippen LogP contribution >= 0.6 is 0 Å². The number of alkyl halides is 1. The summed E-state index contributed by atoms with van der Waals surface area (Å²) >= 11 is 0. The van der Waals surface area contributed by atoms with Crippen LogP contribution in [0, 0.1) is 0 Å². The quantitative estimate of drug-likeness (QED) is 0.188. The lowest BCUT2D eigenvalue weighted by molar-refractivity contribution is 0.402. The van der Waals surface area contributed by atoms with Crippen molar-refractivity contribution < 1.29 is 4.39 Å². The number of anilines is 3. The fraction of sp³-hybridized carbons (Fsp3) is 0.0909. The van der Waals surface area contributed by atoms with E-state index in [0.29, 0.717) is 11.1 Å². The van der Waals surface area contributed by atoms with Crippen molar-refractivity contribution in [2.45, 2.75) is 25.4 Å². The molecule has 0 radical (unpaired) electrons. The molecule has 3 aromatic heterocycles. The van der Waals surface area contributed by atoms with Gasteiger partial charge in [-0.05, 0) is 71.3 Å². The minimum Gasteiger partial charge on any atom is -0.309 e. The third kappa shape index (κ3) is 4.57. The second kappa shape index (κ2) is 11.3. The van der Waals surface area contributed by atoms with E-state index >= 15 is 4.39 Å². The summed E-state index contributed by atoms with van der Waals surface area (Å²) in [5, 5.41) is 2.27. The molecule has 5 heteroatoms. The van der Waals surface area contributed by atoms with Crippen molar-refractivity contribution in [2.75, 3.05) is 4.90 Å². The Morgan fingerprint density at radius 3 is 2.18 bits per heavy atom. The first kappa shape index (κ1) is 29.1. The minimum atomic E-state index is -1.32. The maximum Gasteiger partial charge on any atom is 0.150 e. The summed E-state index contributed by atoms with van der Waals surface area (Å²) in [6.07, 6.45) is 2.45. The van der Waals surface area contributed by atoms with E-state index in [4.69, 9.17) is 4.98 Å². The first-order chi connectivity index (χ1) is 24.0. The Labute approximate surface area is 284 Å². The number of hydrogen-bond acceptors (Lipinski definition) is 3. The van der Waals surface area contributed by atoms with Gasteiger partial charge in [0.15, 0.2) is 6.17 Å². The normalized spacial score (nSPS) is 14.1.